The molecule has 41 heavy (non-hydrogen) atoms. The van der Waals surface area contributed by atoms with Gasteiger partial charge in [-0.05, 0) is 73.4 Å². The van der Waals surface area contributed by atoms with Crippen LogP contribution >= 0.6 is 11.3 Å². The average molecular weight is 576 g/mol. The third kappa shape index (κ3) is 5.96. The van der Waals surface area contributed by atoms with E-state index in [1.54, 1.807) is 0 Å². The summed E-state index contributed by atoms with van der Waals surface area (Å²) in [6.45, 7) is 12.5. The standard InChI is InChI=1S/C33H41N3O4S/c1-4-18-38-30-13-19-41-32(30)33(37)34-14-11-28(12-15-34)35-16-17-36(23(2)21-35)24(3)25-5-7-26(8-6-25)27-9-10-29-31(20-27)40-22-39-29/h5-10,13,19-20,23-24,28H,4,11-12,14-18,21-22H2,1-3H3/t23-,24+/m1/s1. The van der Waals surface area contributed by atoms with Crippen molar-refractivity contribution in [3.8, 4) is 28.4 Å². The molecule has 2 atom stereocenters. The first-order chi connectivity index (χ1) is 20.0. The third-order valence-electron chi connectivity index (χ3n) is 8.86. The summed E-state index contributed by atoms with van der Waals surface area (Å²) in [5.74, 6) is 2.50. The smallest absolute Gasteiger partial charge is 0.267 e. The lowest BCUT2D eigenvalue weighted by molar-refractivity contribution is 0.0135. The van der Waals surface area contributed by atoms with Gasteiger partial charge in [0.05, 0.1) is 6.61 Å². The van der Waals surface area contributed by atoms with Crippen molar-refractivity contribution in [1.82, 2.24) is 14.7 Å². The predicted molar refractivity (Wildman–Crippen MR) is 163 cm³/mol. The van der Waals surface area contributed by atoms with Gasteiger partial charge in [0.2, 0.25) is 6.79 Å². The molecule has 4 heterocycles. The summed E-state index contributed by atoms with van der Waals surface area (Å²) < 4.78 is 16.8. The molecule has 0 bridgehead atoms. The summed E-state index contributed by atoms with van der Waals surface area (Å²) >= 11 is 1.49. The molecule has 2 saturated heterocycles. The van der Waals surface area contributed by atoms with Crippen molar-refractivity contribution in [2.24, 2.45) is 0 Å². The van der Waals surface area contributed by atoms with E-state index in [0.29, 0.717) is 31.5 Å². The number of hydrogen-bond acceptors (Lipinski definition) is 7. The molecule has 0 radical (unpaired) electrons. The second kappa shape index (κ2) is 12.4. The number of ether oxygens (including phenoxy) is 3. The van der Waals surface area contributed by atoms with Crippen LogP contribution in [-0.4, -0.2) is 78.8 Å². The molecule has 218 valence electrons. The number of rotatable bonds is 8. The van der Waals surface area contributed by atoms with E-state index in [-0.39, 0.29) is 5.91 Å². The number of likely N-dealkylation sites (tertiary alicyclic amines) is 1. The Morgan fingerprint density at radius 3 is 2.51 bits per heavy atom. The molecular formula is C33H41N3O4S. The minimum absolute atomic E-state index is 0.126. The number of piperidine rings is 1. The first-order valence-electron chi connectivity index (χ1n) is 15.0. The molecule has 1 amide bonds. The second-order valence-electron chi connectivity index (χ2n) is 11.4. The maximum Gasteiger partial charge on any atom is 0.267 e. The fourth-order valence-corrected chi connectivity index (χ4v) is 7.29. The zero-order valence-corrected chi connectivity index (χ0v) is 25.2. The van der Waals surface area contributed by atoms with E-state index >= 15 is 0 Å². The molecule has 6 rings (SSSR count). The number of nitrogens with zero attached hydrogens (tertiary/aromatic N) is 3. The molecular weight excluding hydrogens is 534 g/mol. The molecule has 2 aromatic carbocycles. The van der Waals surface area contributed by atoms with E-state index < -0.39 is 0 Å². The topological polar surface area (TPSA) is 54.5 Å². The molecule has 3 aliphatic heterocycles. The fourth-order valence-electron chi connectivity index (χ4n) is 6.49. The largest absolute Gasteiger partial charge is 0.492 e. The van der Waals surface area contributed by atoms with Gasteiger partial charge in [0.25, 0.3) is 5.91 Å². The van der Waals surface area contributed by atoms with Crippen LogP contribution in [0.2, 0.25) is 0 Å². The normalized spacial score (nSPS) is 20.8. The van der Waals surface area contributed by atoms with E-state index in [9.17, 15) is 4.79 Å². The van der Waals surface area contributed by atoms with E-state index in [0.717, 1.165) is 79.7 Å². The van der Waals surface area contributed by atoms with Gasteiger partial charge in [0, 0.05) is 50.8 Å². The van der Waals surface area contributed by atoms with Gasteiger partial charge >= 0.3 is 0 Å². The summed E-state index contributed by atoms with van der Waals surface area (Å²) in [7, 11) is 0. The van der Waals surface area contributed by atoms with Gasteiger partial charge in [-0.3, -0.25) is 14.6 Å². The Morgan fingerprint density at radius 2 is 1.76 bits per heavy atom. The Labute approximate surface area is 247 Å². The molecule has 0 spiro atoms. The van der Waals surface area contributed by atoms with Crippen molar-refractivity contribution in [3.05, 3.63) is 64.4 Å². The fraction of sp³-hybridized carbons (Fsp3) is 0.485. The van der Waals surface area contributed by atoms with Crippen LogP contribution in [0.4, 0.5) is 0 Å². The van der Waals surface area contributed by atoms with Crippen LogP contribution in [0.15, 0.2) is 53.9 Å². The summed E-state index contributed by atoms with van der Waals surface area (Å²) in [5.41, 5.74) is 3.67. The number of benzene rings is 2. The Bertz CT molecular complexity index is 1330. The van der Waals surface area contributed by atoms with Crippen LogP contribution < -0.4 is 14.2 Å². The molecule has 8 heteroatoms. The van der Waals surface area contributed by atoms with Crippen LogP contribution in [0.1, 0.15) is 61.3 Å². The summed E-state index contributed by atoms with van der Waals surface area (Å²) in [6, 6.07) is 18.4. The van der Waals surface area contributed by atoms with Crippen LogP contribution in [-0.2, 0) is 0 Å². The molecule has 2 fully saturated rings. The number of thiophene rings is 1. The van der Waals surface area contributed by atoms with Crippen molar-refractivity contribution in [2.45, 2.75) is 58.2 Å². The van der Waals surface area contributed by atoms with E-state index in [2.05, 4.69) is 67.0 Å². The summed E-state index contributed by atoms with van der Waals surface area (Å²) in [5, 5.41) is 1.96. The van der Waals surface area contributed by atoms with Crippen molar-refractivity contribution in [2.75, 3.05) is 46.1 Å². The van der Waals surface area contributed by atoms with Gasteiger partial charge in [-0.25, -0.2) is 0 Å². The molecule has 0 unspecified atom stereocenters. The molecule has 0 aliphatic carbocycles. The molecule has 1 aromatic heterocycles. The lowest BCUT2D eigenvalue weighted by Crippen LogP contribution is -2.57. The predicted octanol–water partition coefficient (Wildman–Crippen LogP) is 6.30. The van der Waals surface area contributed by atoms with Crippen LogP contribution in [0.3, 0.4) is 0 Å². The van der Waals surface area contributed by atoms with Gasteiger partial charge < -0.3 is 19.1 Å². The van der Waals surface area contributed by atoms with Gasteiger partial charge in [0.15, 0.2) is 11.5 Å². The number of piperazine rings is 1. The van der Waals surface area contributed by atoms with Crippen LogP contribution in [0.5, 0.6) is 17.2 Å². The number of carbonyl (C=O) groups is 1. The average Bonchev–Trinajstić information content (AvgIpc) is 3.69. The van der Waals surface area contributed by atoms with Crippen molar-refractivity contribution in [3.63, 3.8) is 0 Å². The molecule has 3 aliphatic rings. The maximum absolute atomic E-state index is 13.2. The second-order valence-corrected chi connectivity index (χ2v) is 12.3. The minimum Gasteiger partial charge on any atom is -0.492 e. The lowest BCUT2D eigenvalue weighted by Gasteiger charge is -2.47. The van der Waals surface area contributed by atoms with Gasteiger partial charge in [-0.1, -0.05) is 37.3 Å². The Kier molecular flexibility index (Phi) is 8.51. The first-order valence-corrected chi connectivity index (χ1v) is 15.9. The monoisotopic (exact) mass is 575 g/mol. The lowest BCUT2D eigenvalue weighted by atomic mass is 9.97. The summed E-state index contributed by atoms with van der Waals surface area (Å²) in [6.07, 6.45) is 3.01. The summed E-state index contributed by atoms with van der Waals surface area (Å²) in [4.78, 5) is 21.3. The van der Waals surface area contributed by atoms with E-state index in [1.165, 1.54) is 22.5 Å². The van der Waals surface area contributed by atoms with Crippen molar-refractivity contribution in [1.29, 1.82) is 0 Å². The Hall–Kier alpha value is -3.07. The van der Waals surface area contributed by atoms with E-state index in [4.69, 9.17) is 14.2 Å². The van der Waals surface area contributed by atoms with Gasteiger partial charge in [0.1, 0.15) is 10.6 Å². The zero-order chi connectivity index (χ0) is 28.3. The highest BCUT2D eigenvalue weighted by molar-refractivity contribution is 7.12. The zero-order valence-electron chi connectivity index (χ0n) is 24.4. The highest BCUT2D eigenvalue weighted by Crippen LogP contribution is 2.37. The van der Waals surface area contributed by atoms with Crippen LogP contribution in [0.25, 0.3) is 11.1 Å². The third-order valence-corrected chi connectivity index (χ3v) is 9.74. The minimum atomic E-state index is 0.126. The maximum atomic E-state index is 13.2. The quantitative estimate of drug-likeness (QED) is 0.314. The highest BCUT2D eigenvalue weighted by Gasteiger charge is 2.34. The van der Waals surface area contributed by atoms with Gasteiger partial charge in [-0.15, -0.1) is 11.3 Å². The van der Waals surface area contributed by atoms with Crippen molar-refractivity contribution >= 4 is 17.2 Å². The number of fused-ring (bicyclic) bond motifs is 1. The SMILES string of the molecule is CCCOc1ccsc1C(=O)N1CCC(N2CCN([C@@H](C)c3ccc(-c4ccc5c(c4)OCO5)cc3)[C@H](C)C2)CC1. The molecule has 7 nitrogen and oxygen atoms in total. The number of carbonyl (C=O) groups excluding carboxylic acids is 1. The first kappa shape index (κ1) is 28.1. The number of hydrogen-bond donors (Lipinski definition) is 0. The van der Waals surface area contributed by atoms with Crippen molar-refractivity contribution < 1.29 is 19.0 Å². The Balaban J connectivity index is 1.01. The highest BCUT2D eigenvalue weighted by atomic mass is 32.1. The van der Waals surface area contributed by atoms with E-state index in [1.807, 2.05) is 22.4 Å². The van der Waals surface area contributed by atoms with Crippen LogP contribution in [0, 0.1) is 0 Å². The molecule has 0 saturated carbocycles. The molecule has 0 N–H and O–H groups in total. The van der Waals surface area contributed by atoms with Gasteiger partial charge in [-0.2, -0.15) is 0 Å². The molecule has 3 aromatic rings. The Morgan fingerprint density at radius 1 is 1.00 bits per heavy atom. The number of amides is 1.